The fourth-order valence-electron chi connectivity index (χ4n) is 1.11. The highest BCUT2D eigenvalue weighted by molar-refractivity contribution is 7.81. The average Bonchev–Trinajstić information content (AvgIpc) is 2.11. The molecule has 0 aromatic carbocycles. The third kappa shape index (κ3) is 5.02. The van der Waals surface area contributed by atoms with Gasteiger partial charge in [-0.25, -0.2) is 4.39 Å². The minimum absolute atomic E-state index is 0.0519. The van der Waals surface area contributed by atoms with Crippen LogP contribution in [0.1, 0.15) is 46.5 Å². The number of thiol groups is 1. The van der Waals surface area contributed by atoms with E-state index in [-0.39, 0.29) is 5.25 Å². The van der Waals surface area contributed by atoms with E-state index < -0.39 is 6.17 Å². The quantitative estimate of drug-likeness (QED) is 0.607. The van der Waals surface area contributed by atoms with Gasteiger partial charge < -0.3 is 0 Å². The van der Waals surface area contributed by atoms with Crippen LogP contribution in [-0.4, -0.2) is 11.4 Å². The summed E-state index contributed by atoms with van der Waals surface area (Å²) >= 11 is 4.24. The van der Waals surface area contributed by atoms with E-state index in [4.69, 9.17) is 0 Å². The SMILES string of the molecule is CC[C@H](C)CCC(S)[C@H](F)CC. The highest BCUT2D eigenvalue weighted by atomic mass is 32.1. The fraction of sp³-hybridized carbons (Fsp3) is 1.00. The molecule has 0 spiro atoms. The highest BCUT2D eigenvalue weighted by Crippen LogP contribution is 2.19. The average molecular weight is 192 g/mol. The Hall–Kier alpha value is 0.280. The van der Waals surface area contributed by atoms with Gasteiger partial charge in [0.05, 0.1) is 0 Å². The van der Waals surface area contributed by atoms with Gasteiger partial charge in [0.15, 0.2) is 0 Å². The molecule has 0 aromatic heterocycles. The molecule has 0 fully saturated rings. The van der Waals surface area contributed by atoms with Crippen molar-refractivity contribution in [2.24, 2.45) is 5.92 Å². The van der Waals surface area contributed by atoms with Crippen molar-refractivity contribution in [3.05, 3.63) is 0 Å². The number of rotatable bonds is 6. The van der Waals surface area contributed by atoms with E-state index in [1.54, 1.807) is 0 Å². The zero-order valence-electron chi connectivity index (χ0n) is 8.39. The minimum atomic E-state index is -0.725. The Balaban J connectivity index is 3.49. The van der Waals surface area contributed by atoms with E-state index in [0.29, 0.717) is 12.3 Å². The van der Waals surface area contributed by atoms with Crippen molar-refractivity contribution in [3.8, 4) is 0 Å². The third-order valence-electron chi connectivity index (χ3n) is 2.46. The molecule has 0 N–H and O–H groups in total. The Bertz CT molecular complexity index is 106. The first-order valence-electron chi connectivity index (χ1n) is 4.93. The van der Waals surface area contributed by atoms with E-state index in [1.807, 2.05) is 6.92 Å². The minimum Gasteiger partial charge on any atom is -0.246 e. The highest BCUT2D eigenvalue weighted by Gasteiger charge is 2.15. The van der Waals surface area contributed by atoms with Gasteiger partial charge in [-0.05, 0) is 25.2 Å². The molecular weight excluding hydrogens is 171 g/mol. The molecule has 0 aliphatic carbocycles. The number of alkyl halides is 1. The molecule has 0 heterocycles. The maximum atomic E-state index is 13.0. The Morgan fingerprint density at radius 2 is 1.75 bits per heavy atom. The maximum absolute atomic E-state index is 13.0. The Labute approximate surface area is 81.3 Å². The summed E-state index contributed by atoms with van der Waals surface area (Å²) in [5, 5.41) is -0.0519. The van der Waals surface area contributed by atoms with E-state index in [1.165, 1.54) is 6.42 Å². The number of halogens is 1. The second kappa shape index (κ2) is 6.76. The van der Waals surface area contributed by atoms with E-state index in [2.05, 4.69) is 26.5 Å². The molecule has 0 nitrogen and oxygen atoms in total. The monoisotopic (exact) mass is 192 g/mol. The maximum Gasteiger partial charge on any atom is 0.111 e. The van der Waals surface area contributed by atoms with Gasteiger partial charge in [-0.3, -0.25) is 0 Å². The summed E-state index contributed by atoms with van der Waals surface area (Å²) in [6, 6.07) is 0. The summed E-state index contributed by atoms with van der Waals surface area (Å²) < 4.78 is 13.0. The van der Waals surface area contributed by atoms with Gasteiger partial charge in [-0.15, -0.1) is 0 Å². The Morgan fingerprint density at radius 1 is 1.17 bits per heavy atom. The van der Waals surface area contributed by atoms with Crippen LogP contribution in [0.3, 0.4) is 0 Å². The van der Waals surface area contributed by atoms with Crippen LogP contribution in [0, 0.1) is 5.92 Å². The molecule has 0 saturated heterocycles. The summed E-state index contributed by atoms with van der Waals surface area (Å²) in [7, 11) is 0. The molecule has 0 aliphatic heterocycles. The molecule has 0 aliphatic rings. The predicted molar refractivity (Wildman–Crippen MR) is 56.7 cm³/mol. The predicted octanol–water partition coefficient (Wildman–Crippen LogP) is 3.86. The summed E-state index contributed by atoms with van der Waals surface area (Å²) in [5.74, 6) is 0.712. The zero-order valence-corrected chi connectivity index (χ0v) is 9.28. The van der Waals surface area contributed by atoms with Crippen LogP contribution in [0.2, 0.25) is 0 Å². The number of hydrogen-bond donors (Lipinski definition) is 1. The number of hydrogen-bond acceptors (Lipinski definition) is 1. The van der Waals surface area contributed by atoms with Crippen LogP contribution in [0.25, 0.3) is 0 Å². The van der Waals surface area contributed by atoms with Gasteiger partial charge in [0.1, 0.15) is 6.17 Å². The van der Waals surface area contributed by atoms with Gasteiger partial charge in [-0.2, -0.15) is 12.6 Å². The van der Waals surface area contributed by atoms with Gasteiger partial charge >= 0.3 is 0 Å². The first kappa shape index (κ1) is 12.3. The van der Waals surface area contributed by atoms with Crippen LogP contribution >= 0.6 is 12.6 Å². The summed E-state index contributed by atoms with van der Waals surface area (Å²) in [6.07, 6.45) is 3.06. The standard InChI is InChI=1S/C10H21FS/c1-4-8(3)6-7-10(12)9(11)5-2/h8-10,12H,4-7H2,1-3H3/t8-,9+,10?/m0/s1. The second-order valence-corrected chi connectivity index (χ2v) is 4.25. The molecule has 3 atom stereocenters. The van der Waals surface area contributed by atoms with Crippen molar-refractivity contribution < 1.29 is 4.39 Å². The molecule has 0 radical (unpaired) electrons. The van der Waals surface area contributed by atoms with Crippen LogP contribution in [0.4, 0.5) is 4.39 Å². The molecule has 2 heteroatoms. The van der Waals surface area contributed by atoms with Crippen molar-refractivity contribution in [1.82, 2.24) is 0 Å². The van der Waals surface area contributed by atoms with Gasteiger partial charge in [0, 0.05) is 5.25 Å². The van der Waals surface area contributed by atoms with E-state index in [0.717, 1.165) is 12.8 Å². The lowest BCUT2D eigenvalue weighted by molar-refractivity contribution is 0.300. The van der Waals surface area contributed by atoms with Crippen molar-refractivity contribution in [2.75, 3.05) is 0 Å². The zero-order chi connectivity index (χ0) is 9.56. The van der Waals surface area contributed by atoms with Gasteiger partial charge in [-0.1, -0.05) is 27.2 Å². The summed E-state index contributed by atoms with van der Waals surface area (Å²) in [5.41, 5.74) is 0. The molecule has 0 aromatic rings. The Kier molecular flexibility index (Phi) is 6.92. The third-order valence-corrected chi connectivity index (χ3v) is 3.04. The smallest absolute Gasteiger partial charge is 0.111 e. The van der Waals surface area contributed by atoms with E-state index in [9.17, 15) is 4.39 Å². The molecule has 0 saturated carbocycles. The van der Waals surface area contributed by atoms with Crippen LogP contribution in [0.5, 0.6) is 0 Å². The van der Waals surface area contributed by atoms with Crippen molar-refractivity contribution in [1.29, 1.82) is 0 Å². The molecule has 0 rings (SSSR count). The van der Waals surface area contributed by atoms with Crippen LogP contribution in [0.15, 0.2) is 0 Å². The van der Waals surface area contributed by atoms with Crippen LogP contribution < -0.4 is 0 Å². The van der Waals surface area contributed by atoms with Crippen molar-refractivity contribution >= 4 is 12.6 Å². The summed E-state index contributed by atoms with van der Waals surface area (Å²) in [4.78, 5) is 0. The van der Waals surface area contributed by atoms with Gasteiger partial charge in [0.25, 0.3) is 0 Å². The lowest BCUT2D eigenvalue weighted by atomic mass is 9.99. The molecule has 1 unspecified atom stereocenters. The largest absolute Gasteiger partial charge is 0.246 e. The van der Waals surface area contributed by atoms with Crippen molar-refractivity contribution in [3.63, 3.8) is 0 Å². The Morgan fingerprint density at radius 3 is 2.17 bits per heavy atom. The topological polar surface area (TPSA) is 0 Å². The van der Waals surface area contributed by atoms with Crippen LogP contribution in [-0.2, 0) is 0 Å². The molecular formula is C10H21FS. The first-order valence-corrected chi connectivity index (χ1v) is 5.45. The fourth-order valence-corrected chi connectivity index (χ4v) is 1.47. The molecule has 0 amide bonds. The normalized spacial score (nSPS) is 18.8. The first-order chi connectivity index (χ1) is 5.61. The molecule has 74 valence electrons. The summed E-state index contributed by atoms with van der Waals surface area (Å²) in [6.45, 7) is 6.25. The van der Waals surface area contributed by atoms with Gasteiger partial charge in [0.2, 0.25) is 0 Å². The van der Waals surface area contributed by atoms with E-state index >= 15 is 0 Å². The molecule has 0 bridgehead atoms. The lowest BCUT2D eigenvalue weighted by Crippen LogP contribution is -2.15. The lowest BCUT2D eigenvalue weighted by Gasteiger charge is -2.16. The second-order valence-electron chi connectivity index (χ2n) is 3.58. The molecule has 12 heavy (non-hydrogen) atoms. The van der Waals surface area contributed by atoms with Crippen molar-refractivity contribution in [2.45, 2.75) is 57.9 Å².